The molecule has 2 saturated heterocycles. The third-order valence-corrected chi connectivity index (χ3v) is 6.92. The van der Waals surface area contributed by atoms with Crippen molar-refractivity contribution >= 4 is 24.1 Å². The molecule has 0 saturated carbocycles. The summed E-state index contributed by atoms with van der Waals surface area (Å²) in [6.07, 6.45) is 1.47. The Morgan fingerprint density at radius 2 is 1.71 bits per heavy atom. The number of nitrogens with one attached hydrogen (secondary N) is 1. The van der Waals surface area contributed by atoms with Crippen LogP contribution >= 0.6 is 0 Å². The van der Waals surface area contributed by atoms with E-state index in [0.29, 0.717) is 24.3 Å². The Labute approximate surface area is 203 Å². The van der Waals surface area contributed by atoms with E-state index in [1.165, 1.54) is 10.5 Å². The molecule has 0 aliphatic carbocycles. The molecule has 5 rings (SSSR count). The Bertz CT molecular complexity index is 1140. The number of amides is 4. The number of carbonyl (C=O) groups excluding carboxylic acids is 4. The van der Waals surface area contributed by atoms with E-state index in [0.717, 1.165) is 50.3 Å². The molecule has 2 aromatic carbocycles. The molecule has 3 aliphatic rings. The molecule has 2 fully saturated rings. The van der Waals surface area contributed by atoms with Gasteiger partial charge in [0, 0.05) is 50.3 Å². The van der Waals surface area contributed by atoms with E-state index in [-0.39, 0.29) is 24.8 Å². The van der Waals surface area contributed by atoms with Crippen molar-refractivity contribution in [1.29, 1.82) is 0 Å². The summed E-state index contributed by atoms with van der Waals surface area (Å²) >= 11 is 0. The van der Waals surface area contributed by atoms with E-state index in [1.54, 1.807) is 17.0 Å². The van der Waals surface area contributed by atoms with Crippen LogP contribution < -0.4 is 10.1 Å². The van der Waals surface area contributed by atoms with Gasteiger partial charge in [-0.25, -0.2) is 0 Å². The number of rotatable bonds is 7. The summed E-state index contributed by atoms with van der Waals surface area (Å²) in [5.41, 5.74) is 3.54. The topological polar surface area (TPSA) is 99.3 Å². The monoisotopic (exact) mass is 476 g/mol. The predicted octanol–water partition coefficient (Wildman–Crippen LogP) is 1.30. The second-order valence-electron chi connectivity index (χ2n) is 9.20. The first-order chi connectivity index (χ1) is 17.0. The average Bonchev–Trinajstić information content (AvgIpc) is 3.21. The number of carbonyl (C=O) groups is 4. The van der Waals surface area contributed by atoms with Crippen LogP contribution in [0.15, 0.2) is 42.5 Å². The number of ether oxygens (including phenoxy) is 1. The van der Waals surface area contributed by atoms with Crippen molar-refractivity contribution in [3.8, 4) is 5.75 Å². The fourth-order valence-electron chi connectivity index (χ4n) is 4.88. The Kier molecular flexibility index (Phi) is 6.50. The van der Waals surface area contributed by atoms with Gasteiger partial charge in [0.25, 0.3) is 5.91 Å². The number of piperidine rings is 1. The van der Waals surface area contributed by atoms with Crippen molar-refractivity contribution < 1.29 is 23.9 Å². The summed E-state index contributed by atoms with van der Waals surface area (Å²) in [6.45, 7) is 4.77. The van der Waals surface area contributed by atoms with Gasteiger partial charge in [-0.2, -0.15) is 0 Å². The molecule has 182 valence electrons. The average molecular weight is 477 g/mol. The van der Waals surface area contributed by atoms with Gasteiger partial charge >= 0.3 is 0 Å². The van der Waals surface area contributed by atoms with E-state index in [1.807, 2.05) is 18.2 Å². The zero-order valence-corrected chi connectivity index (χ0v) is 19.4. The SMILES string of the molecule is O=CN1CCN(Cc2ccc(COc3cccc4c3CN(C3CCC(=O)NC3=O)C4=O)cc2)CC1. The third-order valence-electron chi connectivity index (χ3n) is 6.92. The zero-order valence-electron chi connectivity index (χ0n) is 19.4. The molecule has 9 nitrogen and oxygen atoms in total. The van der Waals surface area contributed by atoms with Crippen LogP contribution in [0, 0.1) is 0 Å². The van der Waals surface area contributed by atoms with Gasteiger partial charge in [-0.1, -0.05) is 30.3 Å². The fraction of sp³-hybridized carbons (Fsp3) is 0.385. The van der Waals surface area contributed by atoms with Gasteiger partial charge in [-0.3, -0.25) is 29.4 Å². The Morgan fingerprint density at radius 1 is 0.971 bits per heavy atom. The molecule has 2 aromatic rings. The smallest absolute Gasteiger partial charge is 0.255 e. The highest BCUT2D eigenvalue weighted by Crippen LogP contribution is 2.34. The molecule has 0 spiro atoms. The molecule has 4 amide bonds. The summed E-state index contributed by atoms with van der Waals surface area (Å²) in [4.78, 5) is 53.3. The van der Waals surface area contributed by atoms with Gasteiger partial charge in [-0.05, 0) is 29.7 Å². The lowest BCUT2D eigenvalue weighted by molar-refractivity contribution is -0.137. The maximum absolute atomic E-state index is 13.0. The Morgan fingerprint density at radius 3 is 2.43 bits per heavy atom. The third kappa shape index (κ3) is 4.90. The van der Waals surface area contributed by atoms with Gasteiger partial charge < -0.3 is 14.5 Å². The van der Waals surface area contributed by atoms with Crippen LogP contribution in [0.3, 0.4) is 0 Å². The van der Waals surface area contributed by atoms with Crippen LogP contribution in [0.2, 0.25) is 0 Å². The second kappa shape index (κ2) is 9.87. The summed E-state index contributed by atoms with van der Waals surface area (Å²) < 4.78 is 6.09. The molecule has 1 atom stereocenters. The van der Waals surface area contributed by atoms with Crippen LogP contribution in [0.25, 0.3) is 0 Å². The standard InChI is InChI=1S/C26H28N4O5/c31-17-29-12-10-28(11-13-29)14-18-4-6-19(7-5-18)16-35-23-3-1-2-20-21(23)15-30(26(20)34)22-8-9-24(32)27-25(22)33/h1-7,17,22H,8-16H2,(H,27,32,33). The quantitative estimate of drug-likeness (QED) is 0.478. The van der Waals surface area contributed by atoms with Crippen LogP contribution in [0.5, 0.6) is 5.75 Å². The van der Waals surface area contributed by atoms with Crippen molar-refractivity contribution in [2.24, 2.45) is 0 Å². The number of piperazine rings is 1. The molecule has 0 bridgehead atoms. The van der Waals surface area contributed by atoms with Crippen LogP contribution in [0.1, 0.15) is 39.9 Å². The van der Waals surface area contributed by atoms with Gasteiger partial charge in [0.05, 0.1) is 6.54 Å². The predicted molar refractivity (Wildman–Crippen MR) is 126 cm³/mol. The highest BCUT2D eigenvalue weighted by molar-refractivity contribution is 6.05. The van der Waals surface area contributed by atoms with Crippen molar-refractivity contribution in [3.05, 3.63) is 64.7 Å². The van der Waals surface area contributed by atoms with E-state index < -0.39 is 11.9 Å². The first-order valence-electron chi connectivity index (χ1n) is 11.9. The van der Waals surface area contributed by atoms with Crippen molar-refractivity contribution in [2.75, 3.05) is 26.2 Å². The van der Waals surface area contributed by atoms with Gasteiger partial charge in [-0.15, -0.1) is 0 Å². The Balaban J connectivity index is 1.20. The van der Waals surface area contributed by atoms with Crippen molar-refractivity contribution in [3.63, 3.8) is 0 Å². The van der Waals surface area contributed by atoms with E-state index >= 15 is 0 Å². The van der Waals surface area contributed by atoms with Gasteiger partial charge in [0.15, 0.2) is 0 Å². The molecular weight excluding hydrogens is 448 g/mol. The van der Waals surface area contributed by atoms with Gasteiger partial charge in [0.2, 0.25) is 18.2 Å². The molecular formula is C26H28N4O5. The van der Waals surface area contributed by atoms with Crippen LogP contribution in [-0.2, 0) is 34.1 Å². The molecule has 1 unspecified atom stereocenters. The van der Waals surface area contributed by atoms with Crippen LogP contribution in [-0.4, -0.2) is 71.1 Å². The molecule has 9 heteroatoms. The molecule has 0 radical (unpaired) electrons. The summed E-state index contributed by atoms with van der Waals surface area (Å²) in [5, 5.41) is 2.33. The normalized spacial score (nSPS) is 20.6. The molecule has 0 aromatic heterocycles. The number of imide groups is 1. The second-order valence-corrected chi connectivity index (χ2v) is 9.20. The number of fused-ring (bicyclic) bond motifs is 1. The first kappa shape index (κ1) is 23.0. The maximum atomic E-state index is 13.0. The lowest BCUT2D eigenvalue weighted by Crippen LogP contribution is -2.52. The lowest BCUT2D eigenvalue weighted by atomic mass is 10.0. The summed E-state index contributed by atoms with van der Waals surface area (Å²) in [7, 11) is 0. The van der Waals surface area contributed by atoms with E-state index in [9.17, 15) is 19.2 Å². The lowest BCUT2D eigenvalue weighted by Gasteiger charge is -2.32. The van der Waals surface area contributed by atoms with E-state index in [2.05, 4.69) is 22.3 Å². The van der Waals surface area contributed by atoms with Gasteiger partial charge in [0.1, 0.15) is 18.4 Å². The fourth-order valence-corrected chi connectivity index (χ4v) is 4.88. The largest absolute Gasteiger partial charge is 0.489 e. The number of hydrogen-bond donors (Lipinski definition) is 1. The highest BCUT2D eigenvalue weighted by atomic mass is 16.5. The molecule has 3 heterocycles. The van der Waals surface area contributed by atoms with E-state index in [4.69, 9.17) is 4.74 Å². The molecule has 3 aliphatic heterocycles. The molecule has 35 heavy (non-hydrogen) atoms. The number of nitrogens with zero attached hydrogens (tertiary/aromatic N) is 3. The minimum atomic E-state index is -0.644. The van der Waals surface area contributed by atoms with Crippen molar-refractivity contribution in [1.82, 2.24) is 20.0 Å². The first-order valence-corrected chi connectivity index (χ1v) is 11.9. The maximum Gasteiger partial charge on any atom is 0.255 e. The summed E-state index contributed by atoms with van der Waals surface area (Å²) in [5.74, 6) is -0.303. The minimum Gasteiger partial charge on any atom is -0.489 e. The van der Waals surface area contributed by atoms with Crippen molar-refractivity contribution in [2.45, 2.75) is 38.6 Å². The summed E-state index contributed by atoms with van der Waals surface area (Å²) in [6, 6.07) is 13.0. The highest BCUT2D eigenvalue weighted by Gasteiger charge is 2.40. The minimum absolute atomic E-state index is 0.210. The van der Waals surface area contributed by atoms with Crippen LogP contribution in [0.4, 0.5) is 0 Å². The molecule has 1 N–H and O–H groups in total. The zero-order chi connectivity index (χ0) is 24.4. The Hall–Kier alpha value is -3.72. The number of hydrogen-bond acceptors (Lipinski definition) is 6. The number of benzene rings is 2.